The fourth-order valence-corrected chi connectivity index (χ4v) is 2.53. The topological polar surface area (TPSA) is 85.8 Å². The summed E-state index contributed by atoms with van der Waals surface area (Å²) in [6.07, 6.45) is 5.33. The van der Waals surface area contributed by atoms with Crippen molar-refractivity contribution in [2.45, 2.75) is 20.4 Å². The van der Waals surface area contributed by atoms with Crippen LogP contribution in [0.1, 0.15) is 11.3 Å². The minimum absolute atomic E-state index is 0.151. The van der Waals surface area contributed by atoms with Crippen molar-refractivity contribution in [2.24, 2.45) is 5.73 Å². The predicted octanol–water partition coefficient (Wildman–Crippen LogP) is 2.28. The first kappa shape index (κ1) is 14.1. The zero-order valence-electron chi connectivity index (χ0n) is 12.5. The van der Waals surface area contributed by atoms with Gasteiger partial charge in [-0.15, -0.1) is 0 Å². The summed E-state index contributed by atoms with van der Waals surface area (Å²) in [6.45, 7) is 4.13. The molecule has 112 valence electrons. The monoisotopic (exact) mass is 295 g/mol. The second kappa shape index (κ2) is 5.48. The number of anilines is 2. The molecule has 3 aromatic heterocycles. The van der Waals surface area contributed by atoms with Gasteiger partial charge in [-0.3, -0.25) is 9.78 Å². The van der Waals surface area contributed by atoms with Gasteiger partial charge < -0.3 is 15.6 Å². The van der Waals surface area contributed by atoms with E-state index in [4.69, 9.17) is 5.73 Å². The van der Waals surface area contributed by atoms with Crippen molar-refractivity contribution in [1.82, 2.24) is 14.5 Å². The SMILES string of the molecule is Cc1ccnc(C)c1Nc1nccc2c1ccn2CC(N)=O. The molecule has 0 bridgehead atoms. The predicted molar refractivity (Wildman–Crippen MR) is 85.9 cm³/mol. The maximum absolute atomic E-state index is 11.1. The molecule has 22 heavy (non-hydrogen) atoms. The molecule has 6 heteroatoms. The number of nitrogens with one attached hydrogen (secondary N) is 1. The highest BCUT2D eigenvalue weighted by Gasteiger charge is 2.10. The highest BCUT2D eigenvalue weighted by molar-refractivity contribution is 5.93. The minimum Gasteiger partial charge on any atom is -0.368 e. The largest absolute Gasteiger partial charge is 0.368 e. The molecule has 3 N–H and O–H groups in total. The number of aromatic nitrogens is 3. The van der Waals surface area contributed by atoms with Crippen LogP contribution in [0.3, 0.4) is 0 Å². The fraction of sp³-hybridized carbons (Fsp3) is 0.188. The van der Waals surface area contributed by atoms with E-state index in [1.807, 2.05) is 42.8 Å². The van der Waals surface area contributed by atoms with Gasteiger partial charge in [0.15, 0.2) is 0 Å². The van der Waals surface area contributed by atoms with Crippen LogP contribution in [-0.4, -0.2) is 20.4 Å². The second-order valence-electron chi connectivity index (χ2n) is 5.22. The van der Waals surface area contributed by atoms with E-state index in [2.05, 4.69) is 15.3 Å². The van der Waals surface area contributed by atoms with Gasteiger partial charge in [0.2, 0.25) is 5.91 Å². The molecule has 0 radical (unpaired) electrons. The second-order valence-corrected chi connectivity index (χ2v) is 5.22. The number of hydrogen-bond donors (Lipinski definition) is 2. The van der Waals surface area contributed by atoms with Crippen LogP contribution < -0.4 is 11.1 Å². The average molecular weight is 295 g/mol. The van der Waals surface area contributed by atoms with Gasteiger partial charge in [-0.05, 0) is 37.6 Å². The van der Waals surface area contributed by atoms with E-state index >= 15 is 0 Å². The van der Waals surface area contributed by atoms with Gasteiger partial charge in [0.05, 0.1) is 16.9 Å². The van der Waals surface area contributed by atoms with Gasteiger partial charge in [0.1, 0.15) is 12.4 Å². The number of carbonyl (C=O) groups excluding carboxylic acids is 1. The van der Waals surface area contributed by atoms with Crippen LogP contribution in [0.4, 0.5) is 11.5 Å². The molecule has 0 fully saturated rings. The Kier molecular flexibility index (Phi) is 3.50. The fourth-order valence-electron chi connectivity index (χ4n) is 2.53. The zero-order chi connectivity index (χ0) is 15.7. The smallest absolute Gasteiger partial charge is 0.237 e. The van der Waals surface area contributed by atoms with Gasteiger partial charge in [-0.2, -0.15) is 0 Å². The zero-order valence-corrected chi connectivity index (χ0v) is 12.5. The summed E-state index contributed by atoms with van der Waals surface area (Å²) in [5.74, 6) is 0.364. The first-order valence-corrected chi connectivity index (χ1v) is 6.97. The molecule has 3 rings (SSSR count). The van der Waals surface area contributed by atoms with Crippen LogP contribution in [0.25, 0.3) is 10.9 Å². The van der Waals surface area contributed by atoms with E-state index in [0.717, 1.165) is 33.7 Å². The first-order chi connectivity index (χ1) is 10.6. The molecule has 0 unspecified atom stereocenters. The number of nitrogens with zero attached hydrogens (tertiary/aromatic N) is 3. The van der Waals surface area contributed by atoms with Crippen molar-refractivity contribution in [2.75, 3.05) is 5.32 Å². The number of pyridine rings is 2. The van der Waals surface area contributed by atoms with E-state index in [9.17, 15) is 4.79 Å². The lowest BCUT2D eigenvalue weighted by Crippen LogP contribution is -2.17. The first-order valence-electron chi connectivity index (χ1n) is 6.97. The number of aryl methyl sites for hydroxylation is 2. The summed E-state index contributed by atoms with van der Waals surface area (Å²) >= 11 is 0. The molecule has 1 amide bonds. The standard InChI is InChI=1S/C16H17N5O/c1-10-3-6-18-11(2)15(10)20-16-12-5-8-21(9-14(17)22)13(12)4-7-19-16/h3-8H,9H2,1-2H3,(H2,17,22)(H,19,20). The summed E-state index contributed by atoms with van der Waals surface area (Å²) in [4.78, 5) is 19.9. The highest BCUT2D eigenvalue weighted by atomic mass is 16.1. The molecule has 0 spiro atoms. The van der Waals surface area contributed by atoms with E-state index < -0.39 is 0 Å². The lowest BCUT2D eigenvalue weighted by Gasteiger charge is -2.12. The van der Waals surface area contributed by atoms with Crippen LogP contribution >= 0.6 is 0 Å². The van der Waals surface area contributed by atoms with E-state index in [1.54, 1.807) is 12.4 Å². The average Bonchev–Trinajstić information content (AvgIpc) is 2.86. The van der Waals surface area contributed by atoms with Crippen LogP contribution in [0, 0.1) is 13.8 Å². The number of nitrogens with two attached hydrogens (primary N) is 1. The van der Waals surface area contributed by atoms with Crippen LogP contribution in [-0.2, 0) is 11.3 Å². The lowest BCUT2D eigenvalue weighted by molar-refractivity contribution is -0.118. The Hall–Kier alpha value is -2.89. The Labute approximate surface area is 128 Å². The quantitative estimate of drug-likeness (QED) is 0.773. The van der Waals surface area contributed by atoms with E-state index in [-0.39, 0.29) is 12.5 Å². The molecular formula is C16H17N5O. The van der Waals surface area contributed by atoms with E-state index in [0.29, 0.717) is 0 Å². The van der Waals surface area contributed by atoms with Crippen molar-refractivity contribution < 1.29 is 4.79 Å². The van der Waals surface area contributed by atoms with Crippen molar-refractivity contribution in [1.29, 1.82) is 0 Å². The van der Waals surface area contributed by atoms with Crippen LogP contribution in [0.5, 0.6) is 0 Å². The number of rotatable bonds is 4. The molecule has 0 aliphatic rings. The van der Waals surface area contributed by atoms with E-state index in [1.165, 1.54) is 0 Å². The Balaban J connectivity index is 2.05. The number of carbonyl (C=O) groups is 1. The molecule has 3 heterocycles. The van der Waals surface area contributed by atoms with Gasteiger partial charge in [0.25, 0.3) is 0 Å². The van der Waals surface area contributed by atoms with Crippen LogP contribution in [0.2, 0.25) is 0 Å². The molecule has 0 aromatic carbocycles. The van der Waals surface area contributed by atoms with Crippen molar-refractivity contribution in [3.8, 4) is 0 Å². The van der Waals surface area contributed by atoms with Gasteiger partial charge in [-0.1, -0.05) is 0 Å². The Morgan fingerprint density at radius 1 is 1.23 bits per heavy atom. The molecule has 0 atom stereocenters. The van der Waals surface area contributed by atoms with Crippen molar-refractivity contribution in [3.05, 3.63) is 48.0 Å². The molecule has 3 aromatic rings. The normalized spacial score (nSPS) is 10.8. The summed E-state index contributed by atoms with van der Waals surface area (Å²) in [7, 11) is 0. The van der Waals surface area contributed by atoms with Crippen molar-refractivity contribution >= 4 is 28.3 Å². The van der Waals surface area contributed by atoms with Crippen molar-refractivity contribution in [3.63, 3.8) is 0 Å². The third-order valence-electron chi connectivity index (χ3n) is 3.62. The molecule has 0 aliphatic heterocycles. The summed E-state index contributed by atoms with van der Waals surface area (Å²) in [6, 6.07) is 5.74. The lowest BCUT2D eigenvalue weighted by atomic mass is 10.2. The maximum Gasteiger partial charge on any atom is 0.237 e. The molecule has 0 saturated carbocycles. The summed E-state index contributed by atoms with van der Waals surface area (Å²) in [5.41, 5.74) is 9.15. The Morgan fingerprint density at radius 2 is 2.00 bits per heavy atom. The number of hydrogen-bond acceptors (Lipinski definition) is 4. The third-order valence-corrected chi connectivity index (χ3v) is 3.62. The molecule has 0 saturated heterocycles. The third kappa shape index (κ3) is 2.50. The number of amides is 1. The van der Waals surface area contributed by atoms with Gasteiger partial charge >= 0.3 is 0 Å². The van der Waals surface area contributed by atoms with Gasteiger partial charge in [-0.25, -0.2) is 4.98 Å². The number of fused-ring (bicyclic) bond motifs is 1. The highest BCUT2D eigenvalue weighted by Crippen LogP contribution is 2.27. The molecule has 0 aliphatic carbocycles. The number of primary amides is 1. The molecular weight excluding hydrogens is 278 g/mol. The summed E-state index contributed by atoms with van der Waals surface area (Å²) < 4.78 is 1.81. The summed E-state index contributed by atoms with van der Waals surface area (Å²) in [5, 5.41) is 4.28. The van der Waals surface area contributed by atoms with Crippen LogP contribution in [0.15, 0.2) is 36.8 Å². The maximum atomic E-state index is 11.1. The Morgan fingerprint density at radius 3 is 2.73 bits per heavy atom. The van der Waals surface area contributed by atoms with Gasteiger partial charge in [0, 0.05) is 24.0 Å². The minimum atomic E-state index is -0.372. The Bertz CT molecular complexity index is 833. The molecule has 6 nitrogen and oxygen atoms in total.